The van der Waals surface area contributed by atoms with Crippen molar-refractivity contribution in [1.29, 1.82) is 0 Å². The van der Waals surface area contributed by atoms with Crippen LogP contribution < -0.4 is 5.32 Å². The molecule has 2 nitrogen and oxygen atoms in total. The largest absolute Gasteiger partial charge is 0.419 e. The van der Waals surface area contributed by atoms with Gasteiger partial charge in [-0.15, -0.1) is 12.4 Å². The number of halogens is 8. The summed E-state index contributed by atoms with van der Waals surface area (Å²) in [6, 6.07) is -0.424. The summed E-state index contributed by atoms with van der Waals surface area (Å²) < 4.78 is 92.5. The fourth-order valence-electron chi connectivity index (χ4n) is 2.59. The van der Waals surface area contributed by atoms with Crippen molar-refractivity contribution < 1.29 is 30.7 Å². The number of hydrogen-bond acceptors (Lipinski definition) is 2. The molecular weight excluding hydrogens is 353 g/mol. The lowest BCUT2D eigenvalue weighted by molar-refractivity contribution is -0.191. The Morgan fingerprint density at radius 1 is 1.00 bits per heavy atom. The lowest BCUT2D eigenvalue weighted by Crippen LogP contribution is -2.49. The SMILES string of the molecule is Cl.Fc1cccc([C@@H](N2CCNCC2)C(F)(F)F)c1C(F)(F)F. The average molecular weight is 367 g/mol. The molecule has 1 aromatic rings. The van der Waals surface area contributed by atoms with Crippen molar-refractivity contribution in [1.82, 2.24) is 10.2 Å². The molecule has 1 aliphatic heterocycles. The van der Waals surface area contributed by atoms with Crippen LogP contribution in [0, 0.1) is 5.82 Å². The van der Waals surface area contributed by atoms with Gasteiger partial charge >= 0.3 is 12.4 Å². The van der Waals surface area contributed by atoms with Crippen molar-refractivity contribution >= 4 is 12.4 Å². The Labute approximate surface area is 134 Å². The molecule has 132 valence electrons. The van der Waals surface area contributed by atoms with E-state index < -0.39 is 35.3 Å². The van der Waals surface area contributed by atoms with Crippen molar-refractivity contribution in [3.8, 4) is 0 Å². The molecule has 0 amide bonds. The summed E-state index contributed by atoms with van der Waals surface area (Å²) in [4.78, 5) is 0.889. The Bertz CT molecular complexity index is 524. The highest BCUT2D eigenvalue weighted by Gasteiger charge is 2.49. The minimum Gasteiger partial charge on any atom is -0.314 e. The van der Waals surface area contributed by atoms with Gasteiger partial charge in [-0.05, 0) is 11.6 Å². The lowest BCUT2D eigenvalue weighted by Gasteiger charge is -2.37. The van der Waals surface area contributed by atoms with Gasteiger partial charge in [0.25, 0.3) is 0 Å². The van der Waals surface area contributed by atoms with E-state index in [0.717, 1.165) is 11.0 Å². The number of hydrogen-bond donors (Lipinski definition) is 1. The second-order valence-corrected chi connectivity index (χ2v) is 4.93. The number of alkyl halides is 6. The van der Waals surface area contributed by atoms with E-state index in [4.69, 9.17) is 0 Å². The predicted octanol–water partition coefficient (Wildman–Crippen LogP) is 3.77. The highest BCUT2D eigenvalue weighted by atomic mass is 35.5. The van der Waals surface area contributed by atoms with Crippen LogP contribution in [0.1, 0.15) is 17.2 Å². The van der Waals surface area contributed by atoms with E-state index in [1.54, 1.807) is 0 Å². The fraction of sp³-hybridized carbons (Fsp3) is 0.538. The molecule has 2 rings (SSSR count). The maximum absolute atomic E-state index is 13.5. The van der Waals surface area contributed by atoms with E-state index in [1.807, 2.05) is 0 Å². The summed E-state index contributed by atoms with van der Waals surface area (Å²) in [5, 5.41) is 2.82. The number of nitrogens with zero attached hydrogens (tertiary/aromatic N) is 1. The quantitative estimate of drug-likeness (QED) is 0.802. The molecule has 0 aromatic heterocycles. The molecule has 1 N–H and O–H groups in total. The van der Waals surface area contributed by atoms with Crippen LogP contribution >= 0.6 is 12.4 Å². The maximum Gasteiger partial charge on any atom is 0.419 e. The van der Waals surface area contributed by atoms with Gasteiger partial charge < -0.3 is 5.32 Å². The zero-order valence-electron chi connectivity index (χ0n) is 11.6. The smallest absolute Gasteiger partial charge is 0.314 e. The molecule has 1 saturated heterocycles. The molecule has 0 spiro atoms. The highest BCUT2D eigenvalue weighted by molar-refractivity contribution is 5.85. The van der Waals surface area contributed by atoms with Crippen LogP contribution in [0.25, 0.3) is 0 Å². The standard InChI is InChI=1S/C13H13F7N2.ClH/c14-9-3-1-2-8(10(9)12(15,16)17)11(13(18,19)20)22-6-4-21-5-7-22;/h1-3,11,21H,4-7H2;1H/t11-;/m1./s1. The molecule has 23 heavy (non-hydrogen) atoms. The van der Waals surface area contributed by atoms with E-state index in [-0.39, 0.29) is 38.6 Å². The number of benzene rings is 1. The van der Waals surface area contributed by atoms with E-state index in [2.05, 4.69) is 5.32 Å². The number of rotatable bonds is 2. The zero-order valence-corrected chi connectivity index (χ0v) is 12.5. The minimum atomic E-state index is -5.20. The van der Waals surface area contributed by atoms with Crippen LogP contribution in [-0.4, -0.2) is 37.3 Å². The summed E-state index contributed by atoms with van der Waals surface area (Å²) in [5.41, 5.74) is -2.95. The Morgan fingerprint density at radius 2 is 1.57 bits per heavy atom. The van der Waals surface area contributed by atoms with Gasteiger partial charge in [-0.25, -0.2) is 4.39 Å². The van der Waals surface area contributed by atoms with Gasteiger partial charge in [0.1, 0.15) is 11.9 Å². The predicted molar refractivity (Wildman–Crippen MR) is 71.9 cm³/mol. The molecule has 1 atom stereocenters. The number of piperazine rings is 1. The Balaban J connectivity index is 0.00000264. The normalized spacial score (nSPS) is 18.4. The zero-order chi connectivity index (χ0) is 16.5. The van der Waals surface area contributed by atoms with Gasteiger partial charge in [-0.3, -0.25) is 4.90 Å². The van der Waals surface area contributed by atoms with E-state index in [1.165, 1.54) is 0 Å². The van der Waals surface area contributed by atoms with Gasteiger partial charge in [0.2, 0.25) is 0 Å². The third-order valence-electron chi connectivity index (χ3n) is 3.45. The molecule has 0 unspecified atom stereocenters. The Morgan fingerprint density at radius 3 is 2.04 bits per heavy atom. The summed E-state index contributed by atoms with van der Waals surface area (Å²) in [7, 11) is 0. The maximum atomic E-state index is 13.5. The molecule has 1 aliphatic rings. The van der Waals surface area contributed by atoms with Crippen molar-refractivity contribution in [2.24, 2.45) is 0 Å². The summed E-state index contributed by atoms with van der Waals surface area (Å²) in [6.45, 7) is 0.308. The first kappa shape index (κ1) is 20.0. The topological polar surface area (TPSA) is 15.3 Å². The Hall–Kier alpha value is -1.06. The minimum absolute atomic E-state index is 0. The molecule has 10 heteroatoms. The summed E-state index contributed by atoms with van der Waals surface area (Å²) in [6.07, 6.45) is -10.1. The van der Waals surface area contributed by atoms with Crippen molar-refractivity contribution in [3.05, 3.63) is 35.1 Å². The molecule has 0 saturated carbocycles. The first-order valence-electron chi connectivity index (χ1n) is 6.49. The average Bonchev–Trinajstić information content (AvgIpc) is 2.37. The lowest BCUT2D eigenvalue weighted by atomic mass is 9.97. The van der Waals surface area contributed by atoms with Crippen LogP contribution in [0.4, 0.5) is 30.7 Å². The second kappa shape index (κ2) is 7.23. The van der Waals surface area contributed by atoms with Crippen LogP contribution in [0.2, 0.25) is 0 Å². The van der Waals surface area contributed by atoms with Gasteiger partial charge in [-0.1, -0.05) is 12.1 Å². The molecule has 0 radical (unpaired) electrons. The van der Waals surface area contributed by atoms with Crippen molar-refractivity contribution in [2.75, 3.05) is 26.2 Å². The monoisotopic (exact) mass is 366 g/mol. The second-order valence-electron chi connectivity index (χ2n) is 4.93. The molecule has 0 bridgehead atoms. The van der Waals surface area contributed by atoms with Gasteiger partial charge in [0.05, 0.1) is 5.56 Å². The van der Waals surface area contributed by atoms with Crippen LogP contribution in [0.3, 0.4) is 0 Å². The van der Waals surface area contributed by atoms with E-state index in [0.29, 0.717) is 12.1 Å². The van der Waals surface area contributed by atoms with Gasteiger partial charge in [0.15, 0.2) is 0 Å². The van der Waals surface area contributed by atoms with Crippen LogP contribution in [0.5, 0.6) is 0 Å². The third-order valence-corrected chi connectivity index (χ3v) is 3.45. The third kappa shape index (κ3) is 4.48. The molecule has 1 fully saturated rings. The fourth-order valence-corrected chi connectivity index (χ4v) is 2.59. The highest BCUT2D eigenvalue weighted by Crippen LogP contribution is 2.44. The first-order valence-corrected chi connectivity index (χ1v) is 6.49. The molecular formula is C13H14ClF7N2. The number of nitrogens with one attached hydrogen (secondary N) is 1. The summed E-state index contributed by atoms with van der Waals surface area (Å²) >= 11 is 0. The molecule has 1 heterocycles. The van der Waals surface area contributed by atoms with E-state index >= 15 is 0 Å². The van der Waals surface area contributed by atoms with Gasteiger partial charge in [0, 0.05) is 26.2 Å². The van der Waals surface area contributed by atoms with Crippen molar-refractivity contribution in [2.45, 2.75) is 18.4 Å². The molecule has 0 aliphatic carbocycles. The Kier molecular flexibility index (Phi) is 6.28. The van der Waals surface area contributed by atoms with E-state index in [9.17, 15) is 30.7 Å². The van der Waals surface area contributed by atoms with Crippen molar-refractivity contribution in [3.63, 3.8) is 0 Å². The van der Waals surface area contributed by atoms with Crippen LogP contribution in [0.15, 0.2) is 18.2 Å². The van der Waals surface area contributed by atoms with Crippen LogP contribution in [-0.2, 0) is 6.18 Å². The first-order chi connectivity index (χ1) is 10.1. The van der Waals surface area contributed by atoms with Gasteiger partial charge in [-0.2, -0.15) is 26.3 Å². The molecule has 1 aromatic carbocycles. The summed E-state index contributed by atoms with van der Waals surface area (Å²) in [5.74, 6) is -1.70.